The number of carbonyl (C=O) groups is 1. The van der Waals surface area contributed by atoms with Gasteiger partial charge in [-0.05, 0) is 42.0 Å². The van der Waals surface area contributed by atoms with Crippen LogP contribution in [0.15, 0.2) is 67.0 Å². The Morgan fingerprint density at radius 3 is 2.44 bits per heavy atom. The Hall–Kier alpha value is -4.80. The topological polar surface area (TPSA) is 112 Å². The molecule has 2 aromatic heterocycles. The minimum Gasteiger partial charge on any atom is -0.494 e. The summed E-state index contributed by atoms with van der Waals surface area (Å²) < 4.78 is 22.3. The Morgan fingerprint density at radius 1 is 0.944 bits per heavy atom. The van der Waals surface area contributed by atoms with Crippen molar-refractivity contribution >= 4 is 16.8 Å². The van der Waals surface area contributed by atoms with Gasteiger partial charge in [-0.1, -0.05) is 30.3 Å². The van der Waals surface area contributed by atoms with E-state index in [1.807, 2.05) is 42.5 Å². The van der Waals surface area contributed by atoms with Crippen molar-refractivity contribution in [3.05, 3.63) is 90.3 Å². The summed E-state index contributed by atoms with van der Waals surface area (Å²) >= 11 is 0. The zero-order valence-electron chi connectivity index (χ0n) is 19.6. The highest BCUT2D eigenvalue weighted by Gasteiger charge is 2.14. The second-order valence-corrected chi connectivity index (χ2v) is 7.96. The molecular formula is C25H23FN8O2. The van der Waals surface area contributed by atoms with Gasteiger partial charge in [0.15, 0.2) is 23.2 Å². The first kappa shape index (κ1) is 23.0. The zero-order valence-corrected chi connectivity index (χ0v) is 19.6. The highest BCUT2D eigenvalue weighted by molar-refractivity contribution is 5.84. The van der Waals surface area contributed by atoms with E-state index in [0.717, 1.165) is 16.5 Å². The largest absolute Gasteiger partial charge is 0.494 e. The molecule has 0 aliphatic carbocycles. The van der Waals surface area contributed by atoms with E-state index >= 15 is 0 Å². The third-order valence-electron chi connectivity index (χ3n) is 5.57. The molecule has 0 aliphatic heterocycles. The summed E-state index contributed by atoms with van der Waals surface area (Å²) in [4.78, 5) is 21.1. The number of aryl methyl sites for hydroxylation is 1. The number of carbonyl (C=O) groups excluding carboxylic acids is 1. The fourth-order valence-corrected chi connectivity index (χ4v) is 3.86. The molecule has 2 amide bonds. The number of methoxy groups -OCH3 is 1. The van der Waals surface area contributed by atoms with Gasteiger partial charge in [-0.3, -0.25) is 0 Å². The number of benzene rings is 3. The molecule has 0 aliphatic rings. The van der Waals surface area contributed by atoms with Crippen LogP contribution in [-0.2, 0) is 13.1 Å². The van der Waals surface area contributed by atoms with Crippen LogP contribution in [0, 0.1) is 12.7 Å². The number of amides is 2. The van der Waals surface area contributed by atoms with Crippen molar-refractivity contribution in [2.24, 2.45) is 0 Å². The van der Waals surface area contributed by atoms with Gasteiger partial charge in [-0.15, -0.1) is 0 Å². The summed E-state index contributed by atoms with van der Waals surface area (Å²) in [6.45, 7) is 1.96. The molecule has 0 atom stereocenters. The first-order valence-electron chi connectivity index (χ1n) is 11.2. The van der Waals surface area contributed by atoms with Crippen molar-refractivity contribution in [2.45, 2.75) is 20.0 Å². The number of fused-ring (bicyclic) bond motifs is 1. The average Bonchev–Trinajstić information content (AvgIpc) is 3.52. The van der Waals surface area contributed by atoms with Crippen LogP contribution in [0.5, 0.6) is 5.75 Å². The predicted molar refractivity (Wildman–Crippen MR) is 131 cm³/mol. The number of hydrogen-bond donors (Lipinski definition) is 2. The van der Waals surface area contributed by atoms with Gasteiger partial charge in [-0.2, -0.15) is 10.2 Å². The van der Waals surface area contributed by atoms with Crippen molar-refractivity contribution in [1.82, 2.24) is 40.2 Å². The van der Waals surface area contributed by atoms with Gasteiger partial charge in [-0.25, -0.2) is 28.5 Å². The molecule has 0 radical (unpaired) electrons. The smallest absolute Gasteiger partial charge is 0.315 e. The summed E-state index contributed by atoms with van der Waals surface area (Å²) in [6.07, 6.45) is 1.45. The quantitative estimate of drug-likeness (QED) is 0.364. The number of halogens is 1. The van der Waals surface area contributed by atoms with Gasteiger partial charge in [0.25, 0.3) is 0 Å². The molecule has 10 nitrogen and oxygen atoms in total. The molecule has 36 heavy (non-hydrogen) atoms. The molecule has 0 bridgehead atoms. The van der Waals surface area contributed by atoms with Crippen LogP contribution in [0.1, 0.15) is 17.5 Å². The minimum atomic E-state index is -0.518. The summed E-state index contributed by atoms with van der Waals surface area (Å²) in [7, 11) is 1.40. The molecule has 11 heteroatoms. The van der Waals surface area contributed by atoms with Crippen LogP contribution < -0.4 is 15.4 Å². The molecule has 5 rings (SSSR count). The summed E-state index contributed by atoms with van der Waals surface area (Å²) in [5, 5.41) is 16.4. The minimum absolute atomic E-state index is 0.0810. The highest BCUT2D eigenvalue weighted by Crippen LogP contribution is 2.21. The van der Waals surface area contributed by atoms with E-state index in [1.165, 1.54) is 30.3 Å². The number of ether oxygens (including phenoxy) is 1. The standard InChI is InChI=1S/C25H23FN8O2/c1-16-31-24(34(32-16)20-9-10-22(36-2)21(26)12-20)14-28-25(35)27-13-23-29-15-30-33(23)19-8-7-17-5-3-4-6-18(17)11-19/h3-12,15H,13-14H2,1-2H3,(H2,27,28,35). The lowest BCUT2D eigenvalue weighted by Crippen LogP contribution is -2.36. The van der Waals surface area contributed by atoms with Gasteiger partial charge in [0.2, 0.25) is 0 Å². The maximum absolute atomic E-state index is 14.2. The van der Waals surface area contributed by atoms with E-state index in [-0.39, 0.29) is 18.8 Å². The molecule has 0 saturated heterocycles. The van der Waals surface area contributed by atoms with Crippen LogP contribution in [0.25, 0.3) is 22.1 Å². The number of nitrogens with one attached hydrogen (secondary N) is 2. The van der Waals surface area contributed by atoms with Crippen LogP contribution in [-0.4, -0.2) is 42.7 Å². The highest BCUT2D eigenvalue weighted by atomic mass is 19.1. The van der Waals surface area contributed by atoms with Gasteiger partial charge in [0.05, 0.1) is 31.6 Å². The van der Waals surface area contributed by atoms with Gasteiger partial charge < -0.3 is 15.4 Å². The number of urea groups is 1. The summed E-state index contributed by atoms with van der Waals surface area (Å²) in [5.41, 5.74) is 1.31. The predicted octanol–water partition coefficient (Wildman–Crippen LogP) is 3.46. The average molecular weight is 487 g/mol. The number of rotatable bonds is 7. The summed E-state index contributed by atoms with van der Waals surface area (Å²) in [6, 6.07) is 18.1. The normalized spacial score (nSPS) is 11.0. The third-order valence-corrected chi connectivity index (χ3v) is 5.57. The SMILES string of the molecule is COc1ccc(-n2nc(C)nc2CNC(=O)NCc2ncnn2-c2ccc3ccccc3c2)cc1F. The summed E-state index contributed by atoms with van der Waals surface area (Å²) in [5.74, 6) is 1.13. The number of nitrogens with zero attached hydrogens (tertiary/aromatic N) is 6. The van der Waals surface area contributed by atoms with Gasteiger partial charge in [0.1, 0.15) is 12.2 Å². The first-order valence-corrected chi connectivity index (χ1v) is 11.2. The van der Waals surface area contributed by atoms with Crippen molar-refractivity contribution in [3.63, 3.8) is 0 Å². The van der Waals surface area contributed by atoms with E-state index in [9.17, 15) is 9.18 Å². The zero-order chi connectivity index (χ0) is 25.1. The maximum atomic E-state index is 14.2. The molecular weight excluding hydrogens is 463 g/mol. The van der Waals surface area contributed by atoms with Crippen LogP contribution in [0.4, 0.5) is 9.18 Å². The fourth-order valence-electron chi connectivity index (χ4n) is 3.86. The number of hydrogen-bond acceptors (Lipinski definition) is 6. The fraction of sp³-hybridized carbons (Fsp3) is 0.160. The van der Waals surface area contributed by atoms with Crippen LogP contribution in [0.3, 0.4) is 0 Å². The lowest BCUT2D eigenvalue weighted by atomic mass is 10.1. The second kappa shape index (κ2) is 9.82. The Bertz CT molecular complexity index is 1540. The molecule has 2 heterocycles. The molecule has 182 valence electrons. The molecule has 3 aromatic carbocycles. The molecule has 0 unspecified atom stereocenters. The van der Waals surface area contributed by atoms with E-state index in [2.05, 4.69) is 30.8 Å². The van der Waals surface area contributed by atoms with E-state index in [0.29, 0.717) is 23.2 Å². The van der Waals surface area contributed by atoms with Gasteiger partial charge >= 0.3 is 6.03 Å². The van der Waals surface area contributed by atoms with Crippen molar-refractivity contribution < 1.29 is 13.9 Å². The van der Waals surface area contributed by atoms with Crippen molar-refractivity contribution in [3.8, 4) is 17.1 Å². The number of aromatic nitrogens is 6. The molecule has 5 aromatic rings. The molecule has 0 spiro atoms. The Labute approximate surface area is 205 Å². The van der Waals surface area contributed by atoms with Gasteiger partial charge in [0, 0.05) is 6.07 Å². The Kier molecular flexibility index (Phi) is 6.27. The molecule has 0 saturated carbocycles. The van der Waals surface area contributed by atoms with E-state index in [4.69, 9.17) is 4.74 Å². The van der Waals surface area contributed by atoms with Crippen LogP contribution >= 0.6 is 0 Å². The lowest BCUT2D eigenvalue weighted by Gasteiger charge is -2.11. The monoisotopic (exact) mass is 486 g/mol. The second-order valence-electron chi connectivity index (χ2n) is 7.96. The first-order chi connectivity index (χ1) is 17.5. The lowest BCUT2D eigenvalue weighted by molar-refractivity contribution is 0.239. The van der Waals surface area contributed by atoms with Crippen molar-refractivity contribution in [1.29, 1.82) is 0 Å². The maximum Gasteiger partial charge on any atom is 0.315 e. The van der Waals surface area contributed by atoms with E-state index in [1.54, 1.807) is 17.7 Å². The van der Waals surface area contributed by atoms with Crippen LogP contribution in [0.2, 0.25) is 0 Å². The Balaban J connectivity index is 1.24. The molecule has 0 fully saturated rings. The third kappa shape index (κ3) is 4.71. The molecule has 2 N–H and O–H groups in total. The van der Waals surface area contributed by atoms with E-state index < -0.39 is 11.8 Å². The Morgan fingerprint density at radius 2 is 1.67 bits per heavy atom. The van der Waals surface area contributed by atoms with Crippen molar-refractivity contribution in [2.75, 3.05) is 7.11 Å².